The van der Waals surface area contributed by atoms with Gasteiger partial charge in [-0.05, 0) is 38.6 Å². The zero-order valence-electron chi connectivity index (χ0n) is 12.8. The Morgan fingerprint density at radius 2 is 2.30 bits per heavy atom. The number of rotatable bonds is 7. The smallest absolute Gasteiger partial charge is 0.131 e. The van der Waals surface area contributed by atoms with E-state index in [2.05, 4.69) is 24.3 Å². The molecule has 1 aromatic heterocycles. The first kappa shape index (κ1) is 15.8. The van der Waals surface area contributed by atoms with Gasteiger partial charge in [0.25, 0.3) is 0 Å². The second-order valence-electron chi connectivity index (χ2n) is 6.03. The van der Waals surface area contributed by atoms with Crippen molar-refractivity contribution in [3.63, 3.8) is 0 Å². The molecule has 1 aromatic rings. The molecule has 4 nitrogen and oxygen atoms in total. The van der Waals surface area contributed by atoms with Crippen molar-refractivity contribution in [2.45, 2.75) is 59.2 Å². The minimum atomic E-state index is 0.447. The van der Waals surface area contributed by atoms with Crippen molar-refractivity contribution >= 4 is 11.6 Å². The predicted octanol–water partition coefficient (Wildman–Crippen LogP) is 3.16. The summed E-state index contributed by atoms with van der Waals surface area (Å²) < 4.78 is 7.53. The van der Waals surface area contributed by atoms with Gasteiger partial charge in [-0.3, -0.25) is 4.68 Å². The van der Waals surface area contributed by atoms with Crippen molar-refractivity contribution in [3.8, 4) is 0 Å². The Kier molecular flexibility index (Phi) is 5.87. The molecule has 0 unspecified atom stereocenters. The number of ether oxygens (including phenoxy) is 1. The standard InChI is InChI=1S/C15H26ClN3O/c1-11(2)10-19-15(16)14(12(3)18-19)9-17-7-6-13-5-4-8-20-13/h11,13,17H,4-10H2,1-3H3/t13-/m1/s1. The predicted molar refractivity (Wildman–Crippen MR) is 82.1 cm³/mol. The summed E-state index contributed by atoms with van der Waals surface area (Å²) in [5.41, 5.74) is 2.15. The van der Waals surface area contributed by atoms with Crippen molar-refractivity contribution in [3.05, 3.63) is 16.4 Å². The molecule has 5 heteroatoms. The van der Waals surface area contributed by atoms with E-state index in [0.717, 1.165) is 49.1 Å². The zero-order valence-corrected chi connectivity index (χ0v) is 13.5. The molecule has 0 bridgehead atoms. The third-order valence-electron chi connectivity index (χ3n) is 3.69. The monoisotopic (exact) mass is 299 g/mol. The Morgan fingerprint density at radius 3 is 2.95 bits per heavy atom. The van der Waals surface area contributed by atoms with Crippen molar-refractivity contribution in [1.82, 2.24) is 15.1 Å². The molecule has 20 heavy (non-hydrogen) atoms. The lowest BCUT2D eigenvalue weighted by molar-refractivity contribution is 0.104. The van der Waals surface area contributed by atoms with Crippen LogP contribution in [0.15, 0.2) is 0 Å². The van der Waals surface area contributed by atoms with E-state index >= 15 is 0 Å². The molecule has 1 aliphatic heterocycles. The van der Waals surface area contributed by atoms with E-state index in [4.69, 9.17) is 16.3 Å². The van der Waals surface area contributed by atoms with Gasteiger partial charge >= 0.3 is 0 Å². The second kappa shape index (κ2) is 7.43. The van der Waals surface area contributed by atoms with Gasteiger partial charge in [0.05, 0.1) is 11.8 Å². The first-order valence-corrected chi connectivity index (χ1v) is 7.99. The van der Waals surface area contributed by atoms with Gasteiger partial charge in [-0.25, -0.2) is 0 Å². The lowest BCUT2D eigenvalue weighted by atomic mass is 10.2. The molecule has 0 radical (unpaired) electrons. The second-order valence-corrected chi connectivity index (χ2v) is 6.39. The van der Waals surface area contributed by atoms with Gasteiger partial charge in [0, 0.05) is 25.3 Å². The fraction of sp³-hybridized carbons (Fsp3) is 0.800. The summed E-state index contributed by atoms with van der Waals surface area (Å²) in [6.07, 6.45) is 3.94. The molecule has 0 spiro atoms. The quantitative estimate of drug-likeness (QED) is 0.786. The van der Waals surface area contributed by atoms with Crippen LogP contribution in [0.4, 0.5) is 0 Å². The van der Waals surface area contributed by atoms with Crippen LogP contribution in [0.2, 0.25) is 5.15 Å². The first-order valence-electron chi connectivity index (χ1n) is 7.62. The van der Waals surface area contributed by atoms with Crippen LogP contribution in [-0.4, -0.2) is 29.0 Å². The van der Waals surface area contributed by atoms with E-state index in [0.29, 0.717) is 12.0 Å². The fourth-order valence-corrected chi connectivity index (χ4v) is 2.92. The molecule has 114 valence electrons. The van der Waals surface area contributed by atoms with Crippen molar-refractivity contribution in [2.24, 2.45) is 5.92 Å². The van der Waals surface area contributed by atoms with Crippen LogP contribution in [0.25, 0.3) is 0 Å². The minimum Gasteiger partial charge on any atom is -0.378 e. The summed E-state index contributed by atoms with van der Waals surface area (Å²) >= 11 is 6.42. The number of hydrogen-bond acceptors (Lipinski definition) is 3. The Morgan fingerprint density at radius 1 is 1.50 bits per heavy atom. The summed E-state index contributed by atoms with van der Waals surface area (Å²) in [6.45, 7) is 9.93. The lowest BCUT2D eigenvalue weighted by Gasteiger charge is -2.10. The van der Waals surface area contributed by atoms with Gasteiger partial charge in [-0.2, -0.15) is 5.10 Å². The maximum Gasteiger partial charge on any atom is 0.131 e. The Labute approximate surface area is 126 Å². The molecular weight excluding hydrogens is 274 g/mol. The van der Waals surface area contributed by atoms with E-state index < -0.39 is 0 Å². The largest absolute Gasteiger partial charge is 0.378 e. The number of nitrogens with one attached hydrogen (secondary N) is 1. The van der Waals surface area contributed by atoms with Crippen LogP contribution in [0.1, 0.15) is 44.4 Å². The molecular formula is C15H26ClN3O. The molecule has 1 saturated heterocycles. The number of hydrogen-bond donors (Lipinski definition) is 1. The van der Waals surface area contributed by atoms with Crippen LogP contribution in [0.5, 0.6) is 0 Å². The number of aromatic nitrogens is 2. The van der Waals surface area contributed by atoms with Crippen LogP contribution >= 0.6 is 11.6 Å². The maximum atomic E-state index is 6.42. The highest BCUT2D eigenvalue weighted by atomic mass is 35.5. The van der Waals surface area contributed by atoms with Gasteiger partial charge in [-0.15, -0.1) is 0 Å². The molecule has 1 fully saturated rings. The van der Waals surface area contributed by atoms with Crippen molar-refractivity contribution in [2.75, 3.05) is 13.2 Å². The topological polar surface area (TPSA) is 39.1 Å². The maximum absolute atomic E-state index is 6.42. The molecule has 0 saturated carbocycles. The molecule has 2 rings (SSSR count). The van der Waals surface area contributed by atoms with E-state index in [1.807, 2.05) is 11.6 Å². The van der Waals surface area contributed by atoms with Crippen LogP contribution < -0.4 is 5.32 Å². The Balaban J connectivity index is 1.81. The van der Waals surface area contributed by atoms with E-state index in [9.17, 15) is 0 Å². The van der Waals surface area contributed by atoms with Crippen molar-refractivity contribution in [1.29, 1.82) is 0 Å². The average Bonchev–Trinajstić information content (AvgIpc) is 2.97. The minimum absolute atomic E-state index is 0.447. The van der Waals surface area contributed by atoms with Gasteiger partial charge in [0.1, 0.15) is 5.15 Å². The summed E-state index contributed by atoms with van der Waals surface area (Å²) in [4.78, 5) is 0. The summed E-state index contributed by atoms with van der Waals surface area (Å²) in [5.74, 6) is 0.548. The molecule has 0 aromatic carbocycles. The average molecular weight is 300 g/mol. The van der Waals surface area contributed by atoms with Crippen molar-refractivity contribution < 1.29 is 4.74 Å². The molecule has 1 aliphatic rings. The molecule has 1 N–H and O–H groups in total. The molecule has 0 aliphatic carbocycles. The molecule has 2 heterocycles. The summed E-state index contributed by atoms with van der Waals surface area (Å²) in [6, 6.07) is 0. The Bertz CT molecular complexity index is 425. The molecule has 1 atom stereocenters. The van der Waals surface area contributed by atoms with Gasteiger partial charge in [-0.1, -0.05) is 25.4 Å². The number of aryl methyl sites for hydroxylation is 1. The third kappa shape index (κ3) is 4.21. The van der Waals surface area contributed by atoms with Crippen LogP contribution in [0, 0.1) is 12.8 Å². The highest BCUT2D eigenvalue weighted by molar-refractivity contribution is 6.30. The van der Waals surface area contributed by atoms with E-state index in [-0.39, 0.29) is 0 Å². The highest BCUT2D eigenvalue weighted by Gasteiger charge is 2.16. The summed E-state index contributed by atoms with van der Waals surface area (Å²) in [7, 11) is 0. The first-order chi connectivity index (χ1) is 9.58. The van der Waals surface area contributed by atoms with E-state index in [1.165, 1.54) is 12.8 Å². The number of nitrogens with zero attached hydrogens (tertiary/aromatic N) is 2. The molecule has 0 amide bonds. The Hall–Kier alpha value is -0.580. The third-order valence-corrected chi connectivity index (χ3v) is 4.11. The number of halogens is 1. The zero-order chi connectivity index (χ0) is 14.5. The fourth-order valence-electron chi connectivity index (χ4n) is 2.61. The van der Waals surface area contributed by atoms with Gasteiger partial charge < -0.3 is 10.1 Å². The van der Waals surface area contributed by atoms with Gasteiger partial charge in [0.15, 0.2) is 0 Å². The van der Waals surface area contributed by atoms with Gasteiger partial charge in [0.2, 0.25) is 0 Å². The summed E-state index contributed by atoms with van der Waals surface area (Å²) in [5, 5.41) is 8.76. The van der Waals surface area contributed by atoms with Crippen LogP contribution in [0.3, 0.4) is 0 Å². The highest BCUT2D eigenvalue weighted by Crippen LogP contribution is 2.21. The van der Waals surface area contributed by atoms with E-state index in [1.54, 1.807) is 0 Å². The van der Waals surface area contributed by atoms with Crippen LogP contribution in [-0.2, 0) is 17.8 Å². The normalized spacial score (nSPS) is 19.1. The lowest BCUT2D eigenvalue weighted by Crippen LogP contribution is -2.20. The SMILES string of the molecule is Cc1nn(CC(C)C)c(Cl)c1CNCC[C@H]1CCCO1.